The molecular weight excluding hydrogens is 438 g/mol. The molecule has 176 valence electrons. The van der Waals surface area contributed by atoms with Crippen LogP contribution in [0.2, 0.25) is 0 Å². The summed E-state index contributed by atoms with van der Waals surface area (Å²) in [4.78, 5) is 16.4. The van der Waals surface area contributed by atoms with E-state index in [0.29, 0.717) is 29.9 Å². The monoisotopic (exact) mass is 464 g/mol. The lowest BCUT2D eigenvalue weighted by Crippen LogP contribution is -2.39. The van der Waals surface area contributed by atoms with Crippen molar-refractivity contribution in [1.29, 1.82) is 0 Å². The van der Waals surface area contributed by atoms with Gasteiger partial charge in [0.15, 0.2) is 0 Å². The Morgan fingerprint density at radius 3 is 2.56 bits per heavy atom. The Bertz CT molecular complexity index is 1280. The van der Waals surface area contributed by atoms with Crippen LogP contribution < -0.4 is 10.1 Å². The smallest absolute Gasteiger partial charge is 0.255 e. The van der Waals surface area contributed by atoms with Crippen LogP contribution in [0.1, 0.15) is 29.3 Å². The Morgan fingerprint density at radius 1 is 1.06 bits per heavy atom. The number of aliphatic hydroxyl groups excluding tert-OH is 1. The quantitative estimate of drug-likeness (QED) is 0.317. The van der Waals surface area contributed by atoms with Crippen molar-refractivity contribution in [2.24, 2.45) is 0 Å². The van der Waals surface area contributed by atoms with Crippen LogP contribution in [0.4, 0.5) is 8.78 Å². The van der Waals surface area contributed by atoms with Crippen molar-refractivity contribution in [2.75, 3.05) is 13.2 Å². The zero-order chi connectivity index (χ0) is 24.1. The molecule has 0 bridgehead atoms. The highest BCUT2D eigenvalue weighted by atomic mass is 19.1. The lowest BCUT2D eigenvalue weighted by Gasteiger charge is -2.18. The summed E-state index contributed by atoms with van der Waals surface area (Å²) in [7, 11) is 0. The standard InChI is InChI=1S/C27H26F2N2O3/c1-2-9-34-26-8-7-17(18-10-20(28)14-21(29)11-18)13-24(26)27(33)31-22(16-32)12-19-15-30-25-6-4-3-5-23(19)25/h3-8,10-11,13-15,22,30,32H,2,9,12,16H2,1H3,(H,31,33)/t22-/m1/s1. The van der Waals surface area contributed by atoms with Crippen LogP contribution >= 0.6 is 0 Å². The number of carbonyl (C=O) groups excluding carboxylic acids is 1. The topological polar surface area (TPSA) is 74.3 Å². The number of H-pyrrole nitrogens is 1. The van der Waals surface area contributed by atoms with Crippen molar-refractivity contribution in [3.8, 4) is 16.9 Å². The minimum absolute atomic E-state index is 0.230. The lowest BCUT2D eigenvalue weighted by molar-refractivity contribution is 0.0912. The summed E-state index contributed by atoms with van der Waals surface area (Å²) >= 11 is 0. The summed E-state index contributed by atoms with van der Waals surface area (Å²) in [5.41, 5.74) is 2.97. The molecule has 4 aromatic rings. The number of aliphatic hydroxyl groups is 1. The van der Waals surface area contributed by atoms with Crippen LogP contribution in [0.25, 0.3) is 22.0 Å². The molecule has 4 rings (SSSR count). The number of nitrogens with one attached hydrogen (secondary N) is 2. The van der Waals surface area contributed by atoms with E-state index >= 15 is 0 Å². The molecule has 0 radical (unpaired) electrons. The van der Waals surface area contributed by atoms with Crippen molar-refractivity contribution in [1.82, 2.24) is 10.3 Å². The second-order valence-electron chi connectivity index (χ2n) is 8.13. The Labute approximate surface area is 196 Å². The molecule has 0 unspecified atom stereocenters. The third-order valence-electron chi connectivity index (χ3n) is 5.58. The summed E-state index contributed by atoms with van der Waals surface area (Å²) in [5, 5.41) is 13.9. The maximum atomic E-state index is 13.8. The number of hydrogen-bond acceptors (Lipinski definition) is 3. The number of amides is 1. The average molecular weight is 465 g/mol. The second kappa shape index (κ2) is 10.5. The molecule has 34 heavy (non-hydrogen) atoms. The first-order valence-electron chi connectivity index (χ1n) is 11.2. The molecule has 0 aliphatic carbocycles. The highest BCUT2D eigenvalue weighted by Gasteiger charge is 2.20. The summed E-state index contributed by atoms with van der Waals surface area (Å²) in [6.45, 7) is 2.10. The molecule has 1 atom stereocenters. The van der Waals surface area contributed by atoms with E-state index in [2.05, 4.69) is 10.3 Å². The normalized spacial score (nSPS) is 12.0. The van der Waals surface area contributed by atoms with Gasteiger partial charge in [0, 0.05) is 23.2 Å². The highest BCUT2D eigenvalue weighted by molar-refractivity contribution is 5.98. The van der Waals surface area contributed by atoms with E-state index in [1.165, 1.54) is 12.1 Å². The number of ether oxygens (including phenoxy) is 1. The van der Waals surface area contributed by atoms with Crippen molar-refractivity contribution >= 4 is 16.8 Å². The van der Waals surface area contributed by atoms with E-state index in [0.717, 1.165) is 29.0 Å². The second-order valence-corrected chi connectivity index (χ2v) is 8.13. The highest BCUT2D eigenvalue weighted by Crippen LogP contribution is 2.28. The Morgan fingerprint density at radius 2 is 1.82 bits per heavy atom. The number of benzene rings is 3. The summed E-state index contributed by atoms with van der Waals surface area (Å²) in [6.07, 6.45) is 3.04. The summed E-state index contributed by atoms with van der Waals surface area (Å²) in [5.74, 6) is -1.48. The van der Waals surface area contributed by atoms with Crippen LogP contribution in [-0.4, -0.2) is 35.3 Å². The van der Waals surface area contributed by atoms with Gasteiger partial charge in [0.05, 0.1) is 24.8 Å². The van der Waals surface area contributed by atoms with Crippen LogP contribution in [0, 0.1) is 11.6 Å². The first kappa shape index (κ1) is 23.4. The number of aromatic amines is 1. The molecule has 1 aromatic heterocycles. The van der Waals surface area contributed by atoms with Gasteiger partial charge in [0.25, 0.3) is 5.91 Å². The number of aromatic nitrogens is 1. The average Bonchev–Trinajstić information content (AvgIpc) is 3.24. The minimum Gasteiger partial charge on any atom is -0.493 e. The van der Waals surface area contributed by atoms with Gasteiger partial charge < -0.3 is 20.1 Å². The van der Waals surface area contributed by atoms with Crippen LogP contribution in [0.5, 0.6) is 5.75 Å². The molecule has 0 fully saturated rings. The van der Waals surface area contributed by atoms with Gasteiger partial charge in [-0.1, -0.05) is 31.2 Å². The number of halogens is 2. The van der Waals surface area contributed by atoms with E-state index < -0.39 is 23.6 Å². The number of para-hydroxylation sites is 1. The Kier molecular flexibility index (Phi) is 7.23. The van der Waals surface area contributed by atoms with Gasteiger partial charge in [-0.3, -0.25) is 4.79 Å². The van der Waals surface area contributed by atoms with Gasteiger partial charge in [0.2, 0.25) is 0 Å². The third kappa shape index (κ3) is 5.26. The van der Waals surface area contributed by atoms with Gasteiger partial charge in [-0.25, -0.2) is 8.78 Å². The largest absolute Gasteiger partial charge is 0.493 e. The number of hydrogen-bond donors (Lipinski definition) is 3. The van der Waals surface area contributed by atoms with Crippen LogP contribution in [-0.2, 0) is 6.42 Å². The van der Waals surface area contributed by atoms with Gasteiger partial charge in [-0.2, -0.15) is 0 Å². The maximum Gasteiger partial charge on any atom is 0.255 e. The minimum atomic E-state index is -0.702. The van der Waals surface area contributed by atoms with Gasteiger partial charge in [-0.15, -0.1) is 0 Å². The SMILES string of the molecule is CCCOc1ccc(-c2cc(F)cc(F)c2)cc1C(=O)N[C@@H](CO)Cc1c[nH]c2ccccc12. The zero-order valence-corrected chi connectivity index (χ0v) is 18.8. The van der Waals surface area contributed by atoms with Crippen molar-refractivity contribution < 1.29 is 23.4 Å². The van der Waals surface area contributed by atoms with E-state index in [1.54, 1.807) is 18.2 Å². The summed E-state index contributed by atoms with van der Waals surface area (Å²) in [6, 6.07) is 15.3. The van der Waals surface area contributed by atoms with E-state index in [9.17, 15) is 18.7 Å². The third-order valence-corrected chi connectivity index (χ3v) is 5.58. The lowest BCUT2D eigenvalue weighted by atomic mass is 10.0. The molecule has 0 saturated carbocycles. The van der Waals surface area contributed by atoms with E-state index in [4.69, 9.17) is 4.74 Å². The van der Waals surface area contributed by atoms with Gasteiger partial charge in [-0.05, 0) is 59.9 Å². The van der Waals surface area contributed by atoms with Crippen molar-refractivity contribution in [3.05, 3.63) is 89.6 Å². The van der Waals surface area contributed by atoms with Crippen molar-refractivity contribution in [2.45, 2.75) is 25.8 Å². The fourth-order valence-corrected chi connectivity index (χ4v) is 3.94. The molecule has 7 heteroatoms. The molecular formula is C27H26F2N2O3. The first-order valence-corrected chi connectivity index (χ1v) is 11.2. The first-order chi connectivity index (χ1) is 16.5. The van der Waals surface area contributed by atoms with Gasteiger partial charge >= 0.3 is 0 Å². The molecule has 3 N–H and O–H groups in total. The zero-order valence-electron chi connectivity index (χ0n) is 18.8. The molecule has 1 heterocycles. The molecule has 1 amide bonds. The maximum absolute atomic E-state index is 13.8. The van der Waals surface area contributed by atoms with E-state index in [1.807, 2.05) is 37.4 Å². The van der Waals surface area contributed by atoms with Crippen LogP contribution in [0.15, 0.2) is 66.9 Å². The van der Waals surface area contributed by atoms with Crippen molar-refractivity contribution in [3.63, 3.8) is 0 Å². The molecule has 0 spiro atoms. The molecule has 5 nitrogen and oxygen atoms in total. The number of fused-ring (bicyclic) bond motifs is 1. The number of carbonyl (C=O) groups is 1. The molecule has 0 aliphatic rings. The predicted molar refractivity (Wildman–Crippen MR) is 128 cm³/mol. The fraction of sp³-hybridized carbons (Fsp3) is 0.222. The Balaban J connectivity index is 1.61. The van der Waals surface area contributed by atoms with Gasteiger partial charge in [0.1, 0.15) is 17.4 Å². The predicted octanol–water partition coefficient (Wildman–Crippen LogP) is 5.24. The fourth-order valence-electron chi connectivity index (χ4n) is 3.94. The summed E-state index contributed by atoms with van der Waals surface area (Å²) < 4.78 is 33.3. The van der Waals surface area contributed by atoms with Crippen LogP contribution in [0.3, 0.4) is 0 Å². The number of rotatable bonds is 9. The Hall–Kier alpha value is -3.71. The molecule has 0 aliphatic heterocycles. The molecule has 0 saturated heterocycles. The molecule has 3 aromatic carbocycles. The van der Waals surface area contributed by atoms with E-state index in [-0.39, 0.29) is 12.2 Å².